The summed E-state index contributed by atoms with van der Waals surface area (Å²) < 4.78 is 16.7. The molecule has 0 spiro atoms. The summed E-state index contributed by atoms with van der Waals surface area (Å²) >= 11 is 0.935. The quantitative estimate of drug-likeness (QED) is 0.864. The molecule has 0 fully saturated rings. The summed E-state index contributed by atoms with van der Waals surface area (Å²) in [7, 11) is 0. The van der Waals surface area contributed by atoms with Crippen molar-refractivity contribution in [3.8, 4) is 0 Å². The highest BCUT2D eigenvalue weighted by atomic mass is 32.1. The number of carbonyl (C=O) groups excluding carboxylic acids is 1. The Hall–Kier alpha value is -2.16. The van der Waals surface area contributed by atoms with E-state index in [0.717, 1.165) is 30.2 Å². The fraction of sp³-hybridized carbons (Fsp3) is 0.300. The maximum absolute atomic E-state index is 13.2. The average molecular weight is 282 g/mol. The molecule has 2 aromatic heterocycles. The molecule has 0 saturated heterocycles. The first-order chi connectivity index (χ1) is 9.20. The second-order valence-corrected chi connectivity index (χ2v) is 4.33. The lowest BCUT2D eigenvalue weighted by Gasteiger charge is -2.09. The van der Waals surface area contributed by atoms with Crippen LogP contribution in [-0.2, 0) is 0 Å². The lowest BCUT2D eigenvalue weighted by atomic mass is 10.2. The third-order valence-corrected chi connectivity index (χ3v) is 2.67. The number of pyridine rings is 1. The third-order valence-electron chi connectivity index (χ3n) is 2.16. The van der Waals surface area contributed by atoms with Crippen LogP contribution in [0.3, 0.4) is 0 Å². The molecule has 0 atom stereocenters. The number of hydrogen-bond donors (Lipinski definition) is 2. The van der Waals surface area contributed by atoms with Crippen LogP contribution in [0.2, 0.25) is 0 Å². The van der Waals surface area contributed by atoms with E-state index in [1.807, 2.05) is 6.92 Å². The van der Waals surface area contributed by atoms with Gasteiger partial charge in [0, 0.05) is 18.1 Å². The van der Waals surface area contributed by atoms with Gasteiger partial charge in [0.05, 0.1) is 11.8 Å². The van der Waals surface area contributed by atoms with Crippen LogP contribution in [0.5, 0.6) is 0 Å². The Morgan fingerprint density at radius 1 is 1.53 bits per heavy atom. The van der Waals surface area contributed by atoms with E-state index in [-0.39, 0.29) is 10.7 Å². The topological polar surface area (TPSA) is 92.7 Å². The first-order valence-corrected chi connectivity index (χ1v) is 6.34. The molecule has 7 nitrogen and oxygen atoms in total. The summed E-state index contributed by atoms with van der Waals surface area (Å²) in [5.41, 5.74) is 0.114. The van der Waals surface area contributed by atoms with Crippen LogP contribution in [-0.4, -0.2) is 32.2 Å². The number of aromatic nitrogens is 4. The molecule has 2 aromatic rings. The minimum atomic E-state index is -0.581. The zero-order chi connectivity index (χ0) is 13.7. The fourth-order valence-corrected chi connectivity index (χ4v) is 1.70. The van der Waals surface area contributed by atoms with Gasteiger partial charge in [0.25, 0.3) is 5.91 Å². The number of halogens is 1. The van der Waals surface area contributed by atoms with E-state index < -0.39 is 11.7 Å². The van der Waals surface area contributed by atoms with Crippen molar-refractivity contribution in [2.24, 2.45) is 0 Å². The largest absolute Gasteiger partial charge is 0.369 e. The van der Waals surface area contributed by atoms with Crippen molar-refractivity contribution in [2.45, 2.75) is 13.3 Å². The van der Waals surface area contributed by atoms with Crippen LogP contribution in [0.4, 0.5) is 15.3 Å². The Bertz CT molecular complexity index is 561. The van der Waals surface area contributed by atoms with Crippen LogP contribution in [0.15, 0.2) is 12.3 Å². The molecule has 0 aliphatic carbocycles. The molecule has 0 radical (unpaired) electrons. The van der Waals surface area contributed by atoms with Gasteiger partial charge in [-0.15, -0.1) is 0 Å². The highest BCUT2D eigenvalue weighted by Gasteiger charge is 2.15. The SMILES string of the molecule is CCCNc1ncc(F)cc1C(=O)Nc1nnns1. The molecule has 1 amide bonds. The molecule has 0 aliphatic rings. The predicted molar refractivity (Wildman–Crippen MR) is 68.6 cm³/mol. The molecule has 2 rings (SSSR count). The van der Waals surface area contributed by atoms with Crippen LogP contribution in [0.1, 0.15) is 23.7 Å². The van der Waals surface area contributed by atoms with E-state index >= 15 is 0 Å². The molecule has 19 heavy (non-hydrogen) atoms. The number of anilines is 2. The number of amides is 1. The summed E-state index contributed by atoms with van der Waals surface area (Å²) in [6.07, 6.45) is 1.92. The zero-order valence-corrected chi connectivity index (χ0v) is 10.9. The maximum Gasteiger partial charge on any atom is 0.261 e. The number of hydrogen-bond acceptors (Lipinski definition) is 7. The highest BCUT2D eigenvalue weighted by molar-refractivity contribution is 7.09. The third kappa shape index (κ3) is 3.41. The molecule has 0 aliphatic heterocycles. The van der Waals surface area contributed by atoms with Gasteiger partial charge in [-0.25, -0.2) is 9.37 Å². The van der Waals surface area contributed by atoms with Gasteiger partial charge in [-0.3, -0.25) is 10.1 Å². The Kier molecular flexibility index (Phi) is 4.29. The van der Waals surface area contributed by atoms with Crippen molar-refractivity contribution in [1.29, 1.82) is 0 Å². The smallest absolute Gasteiger partial charge is 0.261 e. The lowest BCUT2D eigenvalue weighted by Crippen LogP contribution is -2.16. The molecule has 0 saturated carbocycles. The van der Waals surface area contributed by atoms with Gasteiger partial charge in [0.15, 0.2) is 0 Å². The Morgan fingerprint density at radius 3 is 3.05 bits per heavy atom. The van der Waals surface area contributed by atoms with Crippen molar-refractivity contribution in [2.75, 3.05) is 17.2 Å². The van der Waals surface area contributed by atoms with Gasteiger partial charge >= 0.3 is 0 Å². The summed E-state index contributed by atoms with van der Waals surface area (Å²) in [4.78, 5) is 15.9. The number of rotatable bonds is 5. The van der Waals surface area contributed by atoms with Crippen LogP contribution >= 0.6 is 11.5 Å². The summed E-state index contributed by atoms with van der Waals surface area (Å²) in [6.45, 7) is 2.61. The maximum atomic E-state index is 13.2. The lowest BCUT2D eigenvalue weighted by molar-refractivity contribution is 0.102. The zero-order valence-electron chi connectivity index (χ0n) is 10.1. The Morgan fingerprint density at radius 2 is 2.37 bits per heavy atom. The monoisotopic (exact) mass is 282 g/mol. The summed E-state index contributed by atoms with van der Waals surface area (Å²) in [5.74, 6) is -0.759. The minimum Gasteiger partial charge on any atom is -0.369 e. The van der Waals surface area contributed by atoms with E-state index in [1.54, 1.807) is 0 Å². The van der Waals surface area contributed by atoms with E-state index in [9.17, 15) is 9.18 Å². The van der Waals surface area contributed by atoms with Gasteiger partial charge in [0.1, 0.15) is 11.6 Å². The van der Waals surface area contributed by atoms with Gasteiger partial charge in [-0.05, 0) is 17.7 Å². The second kappa shape index (κ2) is 6.14. The molecular formula is C10H11FN6OS. The Labute approximate surface area is 112 Å². The van der Waals surface area contributed by atoms with Crippen LogP contribution < -0.4 is 10.6 Å². The summed E-state index contributed by atoms with van der Waals surface area (Å²) in [5, 5.41) is 12.6. The van der Waals surface area contributed by atoms with Gasteiger partial charge < -0.3 is 5.32 Å². The number of carbonyl (C=O) groups is 1. The molecular weight excluding hydrogens is 271 g/mol. The minimum absolute atomic E-state index is 0.114. The molecule has 0 aromatic carbocycles. The number of nitrogens with one attached hydrogen (secondary N) is 2. The van der Waals surface area contributed by atoms with Crippen molar-refractivity contribution < 1.29 is 9.18 Å². The predicted octanol–water partition coefficient (Wildman–Crippen LogP) is 1.54. The fourth-order valence-electron chi connectivity index (χ4n) is 1.34. The van der Waals surface area contributed by atoms with Crippen molar-refractivity contribution >= 4 is 28.4 Å². The van der Waals surface area contributed by atoms with Gasteiger partial charge in [-0.1, -0.05) is 16.5 Å². The number of nitrogens with zero attached hydrogens (tertiary/aromatic N) is 4. The van der Waals surface area contributed by atoms with E-state index in [4.69, 9.17) is 0 Å². The van der Waals surface area contributed by atoms with E-state index in [1.165, 1.54) is 0 Å². The normalized spacial score (nSPS) is 10.2. The van der Waals surface area contributed by atoms with E-state index in [0.29, 0.717) is 12.4 Å². The molecule has 100 valence electrons. The van der Waals surface area contributed by atoms with E-state index in [2.05, 4.69) is 30.4 Å². The van der Waals surface area contributed by atoms with Gasteiger partial charge in [0.2, 0.25) is 5.13 Å². The first kappa shape index (κ1) is 13.3. The van der Waals surface area contributed by atoms with Crippen LogP contribution in [0, 0.1) is 5.82 Å². The standard InChI is InChI=1S/C10H11FN6OS/c1-2-3-12-8-7(4-6(11)5-13-8)9(18)14-10-15-16-17-19-10/h4-5H,2-3H2,1H3,(H,12,13)(H,14,15,17,18). The second-order valence-electron chi connectivity index (χ2n) is 3.60. The molecule has 2 heterocycles. The molecule has 2 N–H and O–H groups in total. The van der Waals surface area contributed by atoms with Crippen molar-refractivity contribution in [3.63, 3.8) is 0 Å². The molecule has 0 bridgehead atoms. The molecule has 0 unspecified atom stereocenters. The molecule has 9 heteroatoms. The summed E-state index contributed by atoms with van der Waals surface area (Å²) in [6, 6.07) is 1.12. The highest BCUT2D eigenvalue weighted by Crippen LogP contribution is 2.16. The van der Waals surface area contributed by atoms with Crippen LogP contribution in [0.25, 0.3) is 0 Å². The average Bonchev–Trinajstić information content (AvgIpc) is 2.90. The Balaban J connectivity index is 2.21. The van der Waals surface area contributed by atoms with Gasteiger partial charge in [-0.2, -0.15) is 0 Å². The first-order valence-electron chi connectivity index (χ1n) is 5.56. The van der Waals surface area contributed by atoms with Crippen molar-refractivity contribution in [3.05, 3.63) is 23.6 Å². The van der Waals surface area contributed by atoms with Crippen molar-refractivity contribution in [1.82, 2.24) is 19.8 Å².